The summed E-state index contributed by atoms with van der Waals surface area (Å²) in [5, 5.41) is 15.2. The molecule has 3 aromatic rings. The van der Waals surface area contributed by atoms with Crippen LogP contribution in [0.5, 0.6) is 0 Å². The number of carbonyl (C=O) groups excluding carboxylic acids is 1. The van der Waals surface area contributed by atoms with Crippen LogP contribution >= 0.6 is 0 Å². The lowest BCUT2D eigenvalue weighted by Crippen LogP contribution is -2.28. The van der Waals surface area contributed by atoms with E-state index >= 15 is 0 Å². The molecule has 0 aliphatic carbocycles. The number of nitrogens with one attached hydrogen (secondary N) is 2. The van der Waals surface area contributed by atoms with Crippen molar-refractivity contribution in [2.45, 2.75) is 26.2 Å². The number of hydrogen-bond donors (Lipinski definition) is 2. The quantitative estimate of drug-likeness (QED) is 0.481. The maximum Gasteiger partial charge on any atom is 0.269 e. The number of non-ortho nitro benzene ring substituents is 1. The van der Waals surface area contributed by atoms with Gasteiger partial charge in [-0.25, -0.2) is 0 Å². The predicted octanol–water partition coefficient (Wildman–Crippen LogP) is 4.37. The summed E-state index contributed by atoms with van der Waals surface area (Å²) in [6.07, 6.45) is 2.12. The molecule has 0 aliphatic heterocycles. The minimum atomic E-state index is -0.408. The van der Waals surface area contributed by atoms with Crippen LogP contribution in [0.25, 0.3) is 10.9 Å². The second kappa shape index (κ2) is 8.03. The Morgan fingerprint density at radius 2 is 1.96 bits per heavy atom. The number of H-pyrrole nitrogens is 1. The van der Waals surface area contributed by atoms with Crippen LogP contribution < -0.4 is 5.32 Å². The molecule has 0 saturated carbocycles. The van der Waals surface area contributed by atoms with E-state index in [1.165, 1.54) is 6.07 Å². The molecule has 1 amide bonds. The monoisotopic (exact) mass is 365 g/mol. The summed E-state index contributed by atoms with van der Waals surface area (Å²) in [6, 6.07) is 14.4. The molecule has 2 N–H and O–H groups in total. The largest absolute Gasteiger partial charge is 0.361 e. The molecule has 0 unspecified atom stereocenters. The Morgan fingerprint density at radius 1 is 1.19 bits per heavy atom. The molecule has 0 radical (unpaired) electrons. The average molecular weight is 365 g/mol. The second-order valence-corrected chi connectivity index (χ2v) is 7.10. The lowest BCUT2D eigenvalue weighted by Gasteiger charge is -2.17. The molecule has 27 heavy (non-hydrogen) atoms. The highest BCUT2D eigenvalue weighted by Gasteiger charge is 2.23. The standard InChI is InChI=1S/C21H23N3O3/c1-14(2)12-23-21(25)11-18(15-6-5-7-16(10-15)24(26)27)19-13-22-20-9-4-3-8-17(19)20/h3-10,13-14,18,22H,11-12H2,1-2H3,(H,23,25)/t18-/m0/s1. The minimum Gasteiger partial charge on any atom is -0.361 e. The fourth-order valence-corrected chi connectivity index (χ4v) is 3.22. The molecule has 0 saturated heterocycles. The summed E-state index contributed by atoms with van der Waals surface area (Å²) in [5.41, 5.74) is 2.73. The van der Waals surface area contributed by atoms with E-state index in [1.807, 2.05) is 50.4 Å². The van der Waals surface area contributed by atoms with Crippen molar-refractivity contribution in [2.75, 3.05) is 6.54 Å². The Labute approximate surface area is 157 Å². The topological polar surface area (TPSA) is 88.0 Å². The molecule has 1 heterocycles. The van der Waals surface area contributed by atoms with Crippen LogP contribution in [0.2, 0.25) is 0 Å². The average Bonchev–Trinajstić information content (AvgIpc) is 3.08. The molecule has 0 spiro atoms. The predicted molar refractivity (Wildman–Crippen MR) is 106 cm³/mol. The zero-order valence-corrected chi connectivity index (χ0v) is 15.4. The Hall–Kier alpha value is -3.15. The third kappa shape index (κ3) is 4.34. The molecule has 6 heteroatoms. The number of carbonyl (C=O) groups is 1. The molecular weight excluding hydrogens is 342 g/mol. The number of nitro groups is 1. The molecule has 140 valence electrons. The van der Waals surface area contributed by atoms with E-state index in [4.69, 9.17) is 0 Å². The molecule has 6 nitrogen and oxygen atoms in total. The number of fused-ring (bicyclic) bond motifs is 1. The van der Waals surface area contributed by atoms with Crippen molar-refractivity contribution >= 4 is 22.5 Å². The van der Waals surface area contributed by atoms with Gasteiger partial charge in [-0.15, -0.1) is 0 Å². The lowest BCUT2D eigenvalue weighted by molar-refractivity contribution is -0.384. The van der Waals surface area contributed by atoms with Gasteiger partial charge in [0.15, 0.2) is 0 Å². The number of aromatic nitrogens is 1. The number of nitrogens with zero attached hydrogens (tertiary/aromatic N) is 1. The second-order valence-electron chi connectivity index (χ2n) is 7.10. The van der Waals surface area contributed by atoms with E-state index in [-0.39, 0.29) is 23.9 Å². The number of aromatic amines is 1. The van der Waals surface area contributed by atoms with Crippen molar-refractivity contribution < 1.29 is 9.72 Å². The summed E-state index contributed by atoms with van der Waals surface area (Å²) < 4.78 is 0. The van der Waals surface area contributed by atoms with Crippen LogP contribution in [0.1, 0.15) is 37.3 Å². The SMILES string of the molecule is CC(C)CNC(=O)C[C@@H](c1cccc([N+](=O)[O-])c1)c1c[nH]c2ccccc12. The fraction of sp³-hybridized carbons (Fsp3) is 0.286. The van der Waals surface area contributed by atoms with E-state index < -0.39 is 4.92 Å². The maximum atomic E-state index is 12.5. The smallest absolute Gasteiger partial charge is 0.269 e. The number of nitro benzene ring substituents is 1. The molecule has 0 bridgehead atoms. The first kappa shape index (κ1) is 18.6. The van der Waals surface area contributed by atoms with Gasteiger partial charge in [-0.1, -0.05) is 44.2 Å². The first-order valence-electron chi connectivity index (χ1n) is 9.02. The third-order valence-electron chi connectivity index (χ3n) is 4.58. The van der Waals surface area contributed by atoms with Crippen molar-refractivity contribution in [3.8, 4) is 0 Å². The zero-order chi connectivity index (χ0) is 19.4. The summed E-state index contributed by atoms with van der Waals surface area (Å²) >= 11 is 0. The highest BCUT2D eigenvalue weighted by atomic mass is 16.6. The number of benzene rings is 2. The van der Waals surface area contributed by atoms with Gasteiger partial charge in [-0.05, 0) is 23.1 Å². The number of para-hydroxylation sites is 1. The summed E-state index contributed by atoms with van der Waals surface area (Å²) in [7, 11) is 0. The van der Waals surface area contributed by atoms with Gasteiger partial charge in [0.2, 0.25) is 5.91 Å². The Bertz CT molecular complexity index is 962. The van der Waals surface area contributed by atoms with Gasteiger partial charge in [0.25, 0.3) is 5.69 Å². The maximum absolute atomic E-state index is 12.5. The number of rotatable bonds is 7. The lowest BCUT2D eigenvalue weighted by atomic mass is 9.87. The number of amides is 1. The summed E-state index contributed by atoms with van der Waals surface area (Å²) in [4.78, 5) is 26.5. The molecule has 0 aliphatic rings. The van der Waals surface area contributed by atoms with Crippen LogP contribution in [-0.4, -0.2) is 22.4 Å². The van der Waals surface area contributed by atoms with E-state index in [9.17, 15) is 14.9 Å². The van der Waals surface area contributed by atoms with Crippen LogP contribution in [0.15, 0.2) is 54.7 Å². The summed E-state index contributed by atoms with van der Waals surface area (Å²) in [6.45, 7) is 4.68. The first-order chi connectivity index (χ1) is 13.0. The Kier molecular flexibility index (Phi) is 5.54. The molecule has 3 rings (SSSR count). The van der Waals surface area contributed by atoms with Crippen LogP contribution in [0.3, 0.4) is 0 Å². The van der Waals surface area contributed by atoms with Gasteiger partial charge in [0.1, 0.15) is 0 Å². The number of hydrogen-bond acceptors (Lipinski definition) is 3. The molecule has 2 aromatic carbocycles. The molecule has 1 aromatic heterocycles. The molecular formula is C21H23N3O3. The van der Waals surface area contributed by atoms with Crippen molar-refractivity contribution in [2.24, 2.45) is 5.92 Å². The molecule has 1 atom stereocenters. The normalized spacial score (nSPS) is 12.3. The minimum absolute atomic E-state index is 0.0277. The Balaban J connectivity index is 2.00. The van der Waals surface area contributed by atoms with Gasteiger partial charge >= 0.3 is 0 Å². The molecule has 0 fully saturated rings. The van der Waals surface area contributed by atoms with Crippen molar-refractivity contribution in [3.05, 3.63) is 76.0 Å². The van der Waals surface area contributed by atoms with Gasteiger partial charge in [-0.2, -0.15) is 0 Å². The van der Waals surface area contributed by atoms with Crippen LogP contribution in [-0.2, 0) is 4.79 Å². The van der Waals surface area contributed by atoms with E-state index in [2.05, 4.69) is 10.3 Å². The van der Waals surface area contributed by atoms with E-state index in [1.54, 1.807) is 12.1 Å². The Morgan fingerprint density at radius 3 is 2.70 bits per heavy atom. The van der Waals surface area contributed by atoms with Crippen molar-refractivity contribution in [3.63, 3.8) is 0 Å². The summed E-state index contributed by atoms with van der Waals surface area (Å²) in [5.74, 6) is 0.0250. The van der Waals surface area contributed by atoms with E-state index in [0.29, 0.717) is 12.5 Å². The van der Waals surface area contributed by atoms with Gasteiger partial charge < -0.3 is 10.3 Å². The van der Waals surface area contributed by atoms with Gasteiger partial charge in [0, 0.05) is 48.1 Å². The third-order valence-corrected chi connectivity index (χ3v) is 4.58. The highest BCUT2D eigenvalue weighted by molar-refractivity contribution is 5.86. The van der Waals surface area contributed by atoms with E-state index in [0.717, 1.165) is 22.0 Å². The van der Waals surface area contributed by atoms with Crippen molar-refractivity contribution in [1.29, 1.82) is 0 Å². The van der Waals surface area contributed by atoms with Crippen LogP contribution in [0, 0.1) is 16.0 Å². The fourth-order valence-electron chi connectivity index (χ4n) is 3.22. The highest BCUT2D eigenvalue weighted by Crippen LogP contribution is 2.34. The van der Waals surface area contributed by atoms with Gasteiger partial charge in [-0.3, -0.25) is 14.9 Å². The zero-order valence-electron chi connectivity index (χ0n) is 15.4. The van der Waals surface area contributed by atoms with Crippen molar-refractivity contribution in [1.82, 2.24) is 10.3 Å². The van der Waals surface area contributed by atoms with Gasteiger partial charge in [0.05, 0.1) is 4.92 Å². The van der Waals surface area contributed by atoms with Crippen LogP contribution in [0.4, 0.5) is 5.69 Å². The first-order valence-corrected chi connectivity index (χ1v) is 9.02.